The lowest BCUT2D eigenvalue weighted by atomic mass is 10.0. The Labute approximate surface area is 107 Å². The summed E-state index contributed by atoms with van der Waals surface area (Å²) in [6.07, 6.45) is 7.84. The SMILES string of the molecule is Fc1c(Cl)cccc1NCC1CCCCCC1. The van der Waals surface area contributed by atoms with Crippen LogP contribution in [0.15, 0.2) is 18.2 Å². The molecule has 1 aromatic rings. The molecule has 0 heterocycles. The van der Waals surface area contributed by atoms with Gasteiger partial charge in [-0.3, -0.25) is 0 Å². The highest BCUT2D eigenvalue weighted by Crippen LogP contribution is 2.25. The Morgan fingerprint density at radius 1 is 1.18 bits per heavy atom. The van der Waals surface area contributed by atoms with E-state index < -0.39 is 0 Å². The molecule has 0 amide bonds. The molecule has 2 rings (SSSR count). The molecule has 1 aliphatic carbocycles. The van der Waals surface area contributed by atoms with E-state index in [1.165, 1.54) is 38.5 Å². The van der Waals surface area contributed by atoms with E-state index in [-0.39, 0.29) is 10.8 Å². The summed E-state index contributed by atoms with van der Waals surface area (Å²) in [5.41, 5.74) is 0.529. The highest BCUT2D eigenvalue weighted by molar-refractivity contribution is 6.31. The maximum Gasteiger partial charge on any atom is 0.164 e. The van der Waals surface area contributed by atoms with Crippen molar-refractivity contribution < 1.29 is 4.39 Å². The molecule has 0 aliphatic heterocycles. The van der Waals surface area contributed by atoms with Crippen LogP contribution in [0, 0.1) is 11.7 Å². The minimum absolute atomic E-state index is 0.191. The fraction of sp³-hybridized carbons (Fsp3) is 0.571. The van der Waals surface area contributed by atoms with E-state index in [1.54, 1.807) is 18.2 Å². The standard InChI is InChI=1S/C14H19ClFN/c15-12-8-5-9-13(14(12)16)17-10-11-6-3-1-2-4-7-11/h5,8-9,11,17H,1-4,6-7,10H2. The summed E-state index contributed by atoms with van der Waals surface area (Å²) in [4.78, 5) is 0. The normalized spacial score (nSPS) is 17.8. The zero-order chi connectivity index (χ0) is 12.1. The number of hydrogen-bond donors (Lipinski definition) is 1. The van der Waals surface area contributed by atoms with Crippen LogP contribution in [0.3, 0.4) is 0 Å². The molecule has 0 bridgehead atoms. The molecule has 1 fully saturated rings. The van der Waals surface area contributed by atoms with Crippen LogP contribution in [0.4, 0.5) is 10.1 Å². The van der Waals surface area contributed by atoms with Gasteiger partial charge in [-0.2, -0.15) is 0 Å². The van der Waals surface area contributed by atoms with Crippen molar-refractivity contribution in [1.29, 1.82) is 0 Å². The first-order valence-corrected chi connectivity index (χ1v) is 6.83. The van der Waals surface area contributed by atoms with Gasteiger partial charge < -0.3 is 5.32 Å². The van der Waals surface area contributed by atoms with Crippen molar-refractivity contribution >= 4 is 17.3 Å². The van der Waals surface area contributed by atoms with Gasteiger partial charge in [-0.15, -0.1) is 0 Å². The molecular formula is C14H19ClFN. The van der Waals surface area contributed by atoms with Gasteiger partial charge in [0.05, 0.1) is 10.7 Å². The van der Waals surface area contributed by atoms with Gasteiger partial charge in [-0.1, -0.05) is 43.4 Å². The second-order valence-corrected chi connectivity index (χ2v) is 5.25. The van der Waals surface area contributed by atoms with E-state index in [9.17, 15) is 4.39 Å². The summed E-state index contributed by atoms with van der Waals surface area (Å²) in [5, 5.41) is 3.38. The fourth-order valence-electron chi connectivity index (χ4n) is 2.46. The Morgan fingerprint density at radius 2 is 1.88 bits per heavy atom. The molecule has 1 saturated carbocycles. The van der Waals surface area contributed by atoms with Gasteiger partial charge in [0.25, 0.3) is 0 Å². The van der Waals surface area contributed by atoms with E-state index in [0.717, 1.165) is 6.54 Å². The number of halogens is 2. The summed E-state index contributed by atoms with van der Waals surface area (Å²) >= 11 is 5.75. The van der Waals surface area contributed by atoms with Crippen LogP contribution in [-0.2, 0) is 0 Å². The fourth-order valence-corrected chi connectivity index (χ4v) is 2.64. The molecule has 17 heavy (non-hydrogen) atoms. The van der Waals surface area contributed by atoms with Crippen LogP contribution in [0.5, 0.6) is 0 Å². The molecule has 3 heteroatoms. The molecule has 0 spiro atoms. The number of rotatable bonds is 3. The van der Waals surface area contributed by atoms with E-state index in [1.807, 2.05) is 0 Å². The molecule has 0 aromatic heterocycles. The van der Waals surface area contributed by atoms with Gasteiger partial charge in [0.2, 0.25) is 0 Å². The van der Waals surface area contributed by atoms with Crippen molar-refractivity contribution in [3.8, 4) is 0 Å². The van der Waals surface area contributed by atoms with Crippen molar-refractivity contribution in [3.63, 3.8) is 0 Å². The Hall–Kier alpha value is -0.760. The topological polar surface area (TPSA) is 12.0 Å². The number of benzene rings is 1. The second kappa shape index (κ2) is 6.25. The quantitative estimate of drug-likeness (QED) is 0.761. The molecule has 1 aromatic carbocycles. The average Bonchev–Trinajstić information content (AvgIpc) is 2.59. The average molecular weight is 256 g/mol. The van der Waals surface area contributed by atoms with Crippen LogP contribution < -0.4 is 5.32 Å². The van der Waals surface area contributed by atoms with Crippen molar-refractivity contribution in [2.24, 2.45) is 5.92 Å². The number of anilines is 1. The van der Waals surface area contributed by atoms with Crippen LogP contribution >= 0.6 is 11.6 Å². The van der Waals surface area contributed by atoms with Crippen LogP contribution in [0.25, 0.3) is 0 Å². The third-order valence-electron chi connectivity index (χ3n) is 3.51. The third kappa shape index (κ3) is 3.60. The largest absolute Gasteiger partial charge is 0.382 e. The van der Waals surface area contributed by atoms with Gasteiger partial charge >= 0.3 is 0 Å². The molecule has 1 aliphatic rings. The Balaban J connectivity index is 1.90. The summed E-state index contributed by atoms with van der Waals surface area (Å²) in [7, 11) is 0. The van der Waals surface area contributed by atoms with Crippen LogP contribution in [-0.4, -0.2) is 6.54 Å². The van der Waals surface area contributed by atoms with Crippen molar-refractivity contribution in [1.82, 2.24) is 0 Å². The third-order valence-corrected chi connectivity index (χ3v) is 3.80. The molecule has 94 valence electrons. The predicted molar refractivity (Wildman–Crippen MR) is 71.1 cm³/mol. The van der Waals surface area contributed by atoms with E-state index >= 15 is 0 Å². The molecule has 0 radical (unpaired) electrons. The first kappa shape index (κ1) is 12.7. The molecule has 1 N–H and O–H groups in total. The molecule has 0 unspecified atom stereocenters. The zero-order valence-corrected chi connectivity index (χ0v) is 10.8. The van der Waals surface area contributed by atoms with Gasteiger partial charge in [0.15, 0.2) is 5.82 Å². The molecule has 0 saturated heterocycles. The first-order chi connectivity index (χ1) is 8.27. The Bertz CT molecular complexity index is 359. The lowest BCUT2D eigenvalue weighted by Gasteiger charge is -2.16. The first-order valence-electron chi connectivity index (χ1n) is 6.45. The van der Waals surface area contributed by atoms with Crippen LogP contribution in [0.1, 0.15) is 38.5 Å². The highest BCUT2D eigenvalue weighted by atomic mass is 35.5. The number of hydrogen-bond acceptors (Lipinski definition) is 1. The monoisotopic (exact) mass is 255 g/mol. The summed E-state index contributed by atoms with van der Waals surface area (Å²) in [6, 6.07) is 5.10. The second-order valence-electron chi connectivity index (χ2n) is 4.84. The van der Waals surface area contributed by atoms with Crippen molar-refractivity contribution in [2.45, 2.75) is 38.5 Å². The van der Waals surface area contributed by atoms with Gasteiger partial charge in [0, 0.05) is 6.54 Å². The van der Waals surface area contributed by atoms with Crippen molar-refractivity contribution in [3.05, 3.63) is 29.0 Å². The van der Waals surface area contributed by atoms with Crippen molar-refractivity contribution in [2.75, 3.05) is 11.9 Å². The highest BCUT2D eigenvalue weighted by Gasteiger charge is 2.13. The van der Waals surface area contributed by atoms with E-state index in [0.29, 0.717) is 11.6 Å². The molecular weight excluding hydrogens is 237 g/mol. The summed E-state index contributed by atoms with van der Waals surface area (Å²) in [5.74, 6) is 0.346. The van der Waals surface area contributed by atoms with E-state index in [2.05, 4.69) is 5.32 Å². The Kier molecular flexibility index (Phi) is 4.66. The zero-order valence-electron chi connectivity index (χ0n) is 10.0. The maximum absolute atomic E-state index is 13.6. The van der Waals surface area contributed by atoms with Gasteiger partial charge in [-0.05, 0) is 30.9 Å². The minimum Gasteiger partial charge on any atom is -0.382 e. The smallest absolute Gasteiger partial charge is 0.164 e. The summed E-state index contributed by atoms with van der Waals surface area (Å²) in [6.45, 7) is 0.858. The maximum atomic E-state index is 13.6. The lowest BCUT2D eigenvalue weighted by molar-refractivity contribution is 0.482. The van der Waals surface area contributed by atoms with Crippen LogP contribution in [0.2, 0.25) is 5.02 Å². The van der Waals surface area contributed by atoms with Gasteiger partial charge in [-0.25, -0.2) is 4.39 Å². The Morgan fingerprint density at radius 3 is 2.59 bits per heavy atom. The minimum atomic E-state index is -0.331. The van der Waals surface area contributed by atoms with Gasteiger partial charge in [0.1, 0.15) is 0 Å². The summed E-state index contributed by atoms with van der Waals surface area (Å²) < 4.78 is 13.6. The predicted octanol–water partition coefficient (Wildman–Crippen LogP) is 4.86. The number of nitrogens with one attached hydrogen (secondary N) is 1. The molecule has 1 nitrogen and oxygen atoms in total. The van der Waals surface area contributed by atoms with E-state index in [4.69, 9.17) is 11.6 Å². The lowest BCUT2D eigenvalue weighted by Crippen LogP contribution is -2.14. The molecule has 0 atom stereocenters.